The number of aryl methyl sites for hydroxylation is 1. The number of nitrogens with zero attached hydrogens (tertiary/aromatic N) is 3. The molecule has 1 fully saturated rings. The van der Waals surface area contributed by atoms with E-state index in [1.807, 2.05) is 24.3 Å². The predicted molar refractivity (Wildman–Crippen MR) is 89.9 cm³/mol. The van der Waals surface area contributed by atoms with Crippen molar-refractivity contribution >= 4 is 5.91 Å². The number of benzene rings is 1. The lowest BCUT2D eigenvalue weighted by Gasteiger charge is -2.37. The van der Waals surface area contributed by atoms with Crippen molar-refractivity contribution in [3.05, 3.63) is 47.3 Å². The molecule has 1 aromatic heterocycles. The van der Waals surface area contributed by atoms with E-state index in [0.29, 0.717) is 26.2 Å². The molecule has 2 atom stereocenters. The molecule has 25 heavy (non-hydrogen) atoms. The molecule has 7 nitrogen and oxygen atoms in total. The second kappa shape index (κ2) is 6.24. The van der Waals surface area contributed by atoms with Gasteiger partial charge in [0.1, 0.15) is 0 Å². The molecule has 1 aliphatic carbocycles. The zero-order chi connectivity index (χ0) is 17.4. The van der Waals surface area contributed by atoms with E-state index in [1.165, 1.54) is 5.56 Å². The van der Waals surface area contributed by atoms with Gasteiger partial charge in [0.15, 0.2) is 5.69 Å². The van der Waals surface area contributed by atoms with Gasteiger partial charge in [0.25, 0.3) is 5.91 Å². The topological polar surface area (TPSA) is 89.3 Å². The van der Waals surface area contributed by atoms with Gasteiger partial charge < -0.3 is 15.2 Å². The summed E-state index contributed by atoms with van der Waals surface area (Å²) in [6, 6.07) is 7.48. The van der Waals surface area contributed by atoms with Crippen LogP contribution in [-0.2, 0) is 17.7 Å². The summed E-state index contributed by atoms with van der Waals surface area (Å²) in [4.78, 5) is 12.6. The van der Waals surface area contributed by atoms with Gasteiger partial charge in [0, 0.05) is 5.41 Å². The molecular formula is C18H22N4O3. The molecule has 2 heterocycles. The highest BCUT2D eigenvalue weighted by molar-refractivity contribution is 5.92. The minimum Gasteiger partial charge on any atom is -0.391 e. The van der Waals surface area contributed by atoms with Gasteiger partial charge in [-0.15, -0.1) is 5.10 Å². The van der Waals surface area contributed by atoms with Crippen molar-refractivity contribution in [3.63, 3.8) is 0 Å². The highest BCUT2D eigenvalue weighted by atomic mass is 16.5. The molecule has 0 saturated carbocycles. The van der Waals surface area contributed by atoms with Crippen LogP contribution >= 0.6 is 0 Å². The number of fused-ring (bicyclic) bond motifs is 1. The fourth-order valence-corrected chi connectivity index (χ4v) is 3.54. The Morgan fingerprint density at radius 2 is 2.24 bits per heavy atom. The molecule has 2 aliphatic rings. The van der Waals surface area contributed by atoms with E-state index in [0.717, 1.165) is 12.0 Å². The minimum absolute atomic E-state index is 0.0555. The second-order valence-corrected chi connectivity index (χ2v) is 7.36. The lowest BCUT2D eigenvalue weighted by Crippen LogP contribution is -2.43. The SMILES string of the molecule is CC1(Cn2cc(C(=O)N[C@H]3c4ccccc4CC[C@H]3O)nn2)COC1. The van der Waals surface area contributed by atoms with Crippen molar-refractivity contribution in [1.29, 1.82) is 0 Å². The number of hydrogen-bond donors (Lipinski definition) is 2. The van der Waals surface area contributed by atoms with Gasteiger partial charge in [-0.2, -0.15) is 0 Å². The number of carbonyl (C=O) groups excluding carboxylic acids is 1. The molecule has 132 valence electrons. The Bertz CT molecular complexity index is 784. The largest absolute Gasteiger partial charge is 0.391 e. The predicted octanol–water partition coefficient (Wildman–Crippen LogP) is 1.09. The highest BCUT2D eigenvalue weighted by Gasteiger charge is 2.34. The lowest BCUT2D eigenvalue weighted by molar-refractivity contribution is -0.111. The summed E-state index contributed by atoms with van der Waals surface area (Å²) < 4.78 is 6.92. The average molecular weight is 342 g/mol. The number of aromatic nitrogens is 3. The molecule has 0 unspecified atom stereocenters. The summed E-state index contributed by atoms with van der Waals surface area (Å²) in [7, 11) is 0. The Morgan fingerprint density at radius 3 is 3.00 bits per heavy atom. The zero-order valence-corrected chi connectivity index (χ0v) is 14.2. The molecule has 2 N–H and O–H groups in total. The monoisotopic (exact) mass is 342 g/mol. The molecular weight excluding hydrogens is 320 g/mol. The third kappa shape index (κ3) is 3.17. The van der Waals surface area contributed by atoms with Crippen LogP contribution in [0.4, 0.5) is 0 Å². The Morgan fingerprint density at radius 1 is 1.44 bits per heavy atom. The molecule has 1 saturated heterocycles. The van der Waals surface area contributed by atoms with Crippen LogP contribution in [0.15, 0.2) is 30.5 Å². The summed E-state index contributed by atoms with van der Waals surface area (Å²) >= 11 is 0. The minimum atomic E-state index is -0.597. The van der Waals surface area contributed by atoms with Crippen LogP contribution in [0.25, 0.3) is 0 Å². The van der Waals surface area contributed by atoms with Crippen LogP contribution in [0.1, 0.15) is 41.0 Å². The highest BCUT2D eigenvalue weighted by Crippen LogP contribution is 2.30. The van der Waals surface area contributed by atoms with Gasteiger partial charge in [0.2, 0.25) is 0 Å². The van der Waals surface area contributed by atoms with Crippen molar-refractivity contribution in [1.82, 2.24) is 20.3 Å². The van der Waals surface area contributed by atoms with Crippen molar-refractivity contribution in [2.75, 3.05) is 13.2 Å². The molecule has 0 spiro atoms. The lowest BCUT2D eigenvalue weighted by atomic mass is 9.85. The number of carbonyl (C=O) groups is 1. The first-order chi connectivity index (χ1) is 12.0. The molecule has 1 aliphatic heterocycles. The van der Waals surface area contributed by atoms with Crippen molar-refractivity contribution < 1.29 is 14.6 Å². The fraction of sp³-hybridized carbons (Fsp3) is 0.500. The molecule has 0 bridgehead atoms. The first-order valence-corrected chi connectivity index (χ1v) is 8.59. The number of nitrogens with one attached hydrogen (secondary N) is 1. The van der Waals surface area contributed by atoms with Crippen LogP contribution in [0.5, 0.6) is 0 Å². The molecule has 4 rings (SSSR count). The number of aliphatic hydroxyl groups excluding tert-OH is 1. The fourth-order valence-electron chi connectivity index (χ4n) is 3.54. The quantitative estimate of drug-likeness (QED) is 0.868. The number of aliphatic hydroxyl groups is 1. The maximum Gasteiger partial charge on any atom is 0.274 e. The third-order valence-corrected chi connectivity index (χ3v) is 4.99. The number of ether oxygens (including phenoxy) is 1. The molecule has 7 heteroatoms. The van der Waals surface area contributed by atoms with Crippen LogP contribution < -0.4 is 5.32 Å². The van der Waals surface area contributed by atoms with Gasteiger partial charge in [0.05, 0.1) is 38.1 Å². The van der Waals surface area contributed by atoms with E-state index in [-0.39, 0.29) is 17.0 Å². The van der Waals surface area contributed by atoms with Crippen LogP contribution in [-0.4, -0.2) is 45.3 Å². The average Bonchev–Trinajstić information content (AvgIpc) is 3.04. The summed E-state index contributed by atoms with van der Waals surface area (Å²) in [5, 5.41) is 21.3. The van der Waals surface area contributed by atoms with Crippen molar-refractivity contribution in [3.8, 4) is 0 Å². The summed E-state index contributed by atoms with van der Waals surface area (Å²) in [5.41, 5.74) is 2.46. The molecule has 1 aromatic carbocycles. The van der Waals surface area contributed by atoms with E-state index >= 15 is 0 Å². The number of rotatable bonds is 4. The van der Waals surface area contributed by atoms with Crippen molar-refractivity contribution in [2.45, 2.75) is 38.5 Å². The first kappa shape index (κ1) is 16.2. The van der Waals surface area contributed by atoms with E-state index in [4.69, 9.17) is 4.74 Å². The number of amides is 1. The summed E-state index contributed by atoms with van der Waals surface area (Å²) in [6.45, 7) is 4.17. The molecule has 0 radical (unpaired) electrons. The Balaban J connectivity index is 1.48. The van der Waals surface area contributed by atoms with E-state index < -0.39 is 12.1 Å². The maximum atomic E-state index is 12.6. The second-order valence-electron chi connectivity index (χ2n) is 7.36. The smallest absolute Gasteiger partial charge is 0.274 e. The van der Waals surface area contributed by atoms with Gasteiger partial charge >= 0.3 is 0 Å². The Labute approximate surface area is 146 Å². The van der Waals surface area contributed by atoms with E-state index in [9.17, 15) is 9.90 Å². The van der Waals surface area contributed by atoms with Crippen LogP contribution in [0.2, 0.25) is 0 Å². The first-order valence-electron chi connectivity index (χ1n) is 8.59. The van der Waals surface area contributed by atoms with Crippen LogP contribution in [0, 0.1) is 5.41 Å². The van der Waals surface area contributed by atoms with Gasteiger partial charge in [-0.3, -0.25) is 9.48 Å². The van der Waals surface area contributed by atoms with Gasteiger partial charge in [-0.05, 0) is 24.0 Å². The Kier molecular flexibility index (Phi) is 4.05. The van der Waals surface area contributed by atoms with E-state index in [1.54, 1.807) is 10.9 Å². The maximum absolute atomic E-state index is 12.6. The zero-order valence-electron chi connectivity index (χ0n) is 14.2. The third-order valence-electron chi connectivity index (χ3n) is 4.99. The molecule has 2 aromatic rings. The normalized spacial score (nSPS) is 24.2. The Hall–Kier alpha value is -2.25. The summed E-state index contributed by atoms with van der Waals surface area (Å²) in [6.07, 6.45) is 2.51. The van der Waals surface area contributed by atoms with E-state index in [2.05, 4.69) is 22.6 Å². The summed E-state index contributed by atoms with van der Waals surface area (Å²) in [5.74, 6) is -0.318. The van der Waals surface area contributed by atoms with Gasteiger partial charge in [-0.25, -0.2) is 0 Å². The molecule has 1 amide bonds. The number of hydrogen-bond acceptors (Lipinski definition) is 5. The van der Waals surface area contributed by atoms with Crippen molar-refractivity contribution in [2.24, 2.45) is 5.41 Å². The standard InChI is InChI=1S/C18H22N4O3/c1-18(10-25-11-18)9-22-8-14(20-21-22)17(24)19-16-13-5-3-2-4-12(13)6-7-15(16)23/h2-5,8,15-16,23H,6-7,9-11H2,1H3,(H,19,24)/t15-,16+/m1/s1. The van der Waals surface area contributed by atoms with Gasteiger partial charge in [-0.1, -0.05) is 36.4 Å². The van der Waals surface area contributed by atoms with Crippen LogP contribution in [0.3, 0.4) is 0 Å².